The Balaban J connectivity index is 1.80. The number of nitrogen functional groups attached to an aromatic ring is 1. The van der Waals surface area contributed by atoms with Crippen molar-refractivity contribution in [1.29, 1.82) is 0 Å². The molecule has 1 aliphatic rings. The van der Waals surface area contributed by atoms with Gasteiger partial charge in [0.1, 0.15) is 0 Å². The number of aliphatic hydroxyl groups excluding tert-OH is 1. The summed E-state index contributed by atoms with van der Waals surface area (Å²) in [5.41, 5.74) is 7.75. The average Bonchev–Trinajstić information content (AvgIpc) is 2.64. The van der Waals surface area contributed by atoms with Crippen LogP contribution in [-0.2, 0) is 6.42 Å². The number of benzene rings is 1. The molecule has 1 atom stereocenters. The normalized spacial score (nSPS) is 22.1. The number of anilines is 1. The minimum absolute atomic E-state index is 0.114. The van der Waals surface area contributed by atoms with E-state index < -0.39 is 0 Å². The van der Waals surface area contributed by atoms with Gasteiger partial charge in [0.25, 0.3) is 0 Å². The van der Waals surface area contributed by atoms with Crippen LogP contribution < -0.4 is 5.73 Å². The van der Waals surface area contributed by atoms with Crippen molar-refractivity contribution in [3.05, 3.63) is 29.8 Å². The first-order valence-corrected chi connectivity index (χ1v) is 5.49. The fourth-order valence-corrected chi connectivity index (χ4v) is 1.99. The molecule has 0 aliphatic carbocycles. The summed E-state index contributed by atoms with van der Waals surface area (Å²) in [5.74, 6) is 0. The van der Waals surface area contributed by atoms with E-state index in [9.17, 15) is 5.11 Å². The van der Waals surface area contributed by atoms with E-state index in [0.29, 0.717) is 0 Å². The van der Waals surface area contributed by atoms with Crippen LogP contribution in [0.5, 0.6) is 0 Å². The molecule has 0 bridgehead atoms. The van der Waals surface area contributed by atoms with Crippen LogP contribution in [0.25, 0.3) is 0 Å². The van der Waals surface area contributed by atoms with Crippen molar-refractivity contribution in [1.82, 2.24) is 4.90 Å². The van der Waals surface area contributed by atoms with Gasteiger partial charge in [-0.3, -0.25) is 0 Å². The van der Waals surface area contributed by atoms with Crippen LogP contribution in [-0.4, -0.2) is 35.7 Å². The van der Waals surface area contributed by atoms with Gasteiger partial charge in [0.15, 0.2) is 0 Å². The zero-order chi connectivity index (χ0) is 10.7. The van der Waals surface area contributed by atoms with Crippen LogP contribution in [0, 0.1) is 0 Å². The van der Waals surface area contributed by atoms with Crippen LogP contribution in [0.15, 0.2) is 24.3 Å². The highest BCUT2D eigenvalue weighted by Gasteiger charge is 2.19. The number of likely N-dealkylation sites (tertiary alicyclic amines) is 1. The zero-order valence-corrected chi connectivity index (χ0v) is 8.89. The lowest BCUT2D eigenvalue weighted by atomic mass is 10.1. The molecular weight excluding hydrogens is 188 g/mol. The molecule has 3 N–H and O–H groups in total. The minimum atomic E-state index is -0.114. The lowest BCUT2D eigenvalue weighted by Gasteiger charge is -2.14. The Morgan fingerprint density at radius 1 is 1.33 bits per heavy atom. The van der Waals surface area contributed by atoms with Crippen LogP contribution in [0.3, 0.4) is 0 Å². The molecule has 1 aromatic rings. The number of rotatable bonds is 3. The van der Waals surface area contributed by atoms with Crippen molar-refractivity contribution in [2.45, 2.75) is 18.9 Å². The van der Waals surface area contributed by atoms with E-state index in [-0.39, 0.29) is 6.10 Å². The van der Waals surface area contributed by atoms with E-state index in [4.69, 9.17) is 5.73 Å². The predicted octanol–water partition coefficient (Wildman–Crippen LogP) is 0.878. The van der Waals surface area contributed by atoms with Crippen molar-refractivity contribution in [3.63, 3.8) is 0 Å². The summed E-state index contributed by atoms with van der Waals surface area (Å²) >= 11 is 0. The lowest BCUT2D eigenvalue weighted by molar-refractivity contribution is 0.177. The smallest absolute Gasteiger partial charge is 0.0679 e. The largest absolute Gasteiger partial charge is 0.399 e. The van der Waals surface area contributed by atoms with Gasteiger partial charge < -0.3 is 15.7 Å². The molecule has 0 spiro atoms. The molecule has 3 heteroatoms. The average molecular weight is 206 g/mol. The molecule has 2 rings (SSSR count). The summed E-state index contributed by atoms with van der Waals surface area (Å²) in [7, 11) is 0. The highest BCUT2D eigenvalue weighted by atomic mass is 16.3. The Kier molecular flexibility index (Phi) is 3.23. The quantitative estimate of drug-likeness (QED) is 0.722. The molecule has 1 fully saturated rings. The van der Waals surface area contributed by atoms with Gasteiger partial charge >= 0.3 is 0 Å². The first-order valence-electron chi connectivity index (χ1n) is 5.49. The first kappa shape index (κ1) is 10.5. The molecule has 0 radical (unpaired) electrons. The van der Waals surface area contributed by atoms with Crippen LogP contribution in [0.4, 0.5) is 5.69 Å². The monoisotopic (exact) mass is 206 g/mol. The van der Waals surface area contributed by atoms with Gasteiger partial charge in [-0.05, 0) is 30.5 Å². The second kappa shape index (κ2) is 4.64. The maximum Gasteiger partial charge on any atom is 0.0679 e. The van der Waals surface area contributed by atoms with E-state index in [1.54, 1.807) is 0 Å². The van der Waals surface area contributed by atoms with Gasteiger partial charge in [-0.25, -0.2) is 0 Å². The van der Waals surface area contributed by atoms with Gasteiger partial charge in [0.05, 0.1) is 6.10 Å². The van der Waals surface area contributed by atoms with Crippen LogP contribution >= 0.6 is 0 Å². The van der Waals surface area contributed by atoms with Crippen molar-refractivity contribution < 1.29 is 5.11 Å². The molecule has 0 amide bonds. The lowest BCUT2D eigenvalue weighted by Crippen LogP contribution is -2.24. The summed E-state index contributed by atoms with van der Waals surface area (Å²) in [5, 5.41) is 9.37. The second-order valence-corrected chi connectivity index (χ2v) is 4.23. The first-order chi connectivity index (χ1) is 7.24. The molecule has 1 saturated heterocycles. The Morgan fingerprint density at radius 3 is 2.67 bits per heavy atom. The van der Waals surface area contributed by atoms with E-state index in [0.717, 1.165) is 38.2 Å². The molecule has 1 heterocycles. The third-order valence-corrected chi connectivity index (χ3v) is 2.94. The number of aliphatic hydroxyl groups is 1. The Bertz CT molecular complexity index is 310. The van der Waals surface area contributed by atoms with Crippen LogP contribution in [0.1, 0.15) is 12.0 Å². The van der Waals surface area contributed by atoms with Crippen LogP contribution in [0.2, 0.25) is 0 Å². The summed E-state index contributed by atoms with van der Waals surface area (Å²) in [6.07, 6.45) is 1.84. The number of hydrogen-bond acceptors (Lipinski definition) is 3. The zero-order valence-electron chi connectivity index (χ0n) is 8.89. The van der Waals surface area contributed by atoms with Gasteiger partial charge in [-0.15, -0.1) is 0 Å². The molecule has 1 unspecified atom stereocenters. The Hall–Kier alpha value is -1.06. The maximum absolute atomic E-state index is 9.37. The fraction of sp³-hybridized carbons (Fsp3) is 0.500. The van der Waals surface area contributed by atoms with Crippen molar-refractivity contribution in [2.24, 2.45) is 0 Å². The van der Waals surface area contributed by atoms with Crippen molar-refractivity contribution in [2.75, 3.05) is 25.4 Å². The third-order valence-electron chi connectivity index (χ3n) is 2.94. The summed E-state index contributed by atoms with van der Waals surface area (Å²) in [4.78, 5) is 2.31. The van der Waals surface area contributed by atoms with Gasteiger partial charge in [0, 0.05) is 25.3 Å². The minimum Gasteiger partial charge on any atom is -0.399 e. The SMILES string of the molecule is Nc1ccc(CCN2CCC(O)C2)cc1. The van der Waals surface area contributed by atoms with Gasteiger partial charge in [0.2, 0.25) is 0 Å². The molecule has 82 valence electrons. The number of β-amino-alcohol motifs (C(OH)–C–C–N with tert-alkyl or cyclic N) is 1. The van der Waals surface area contributed by atoms with E-state index in [1.807, 2.05) is 12.1 Å². The van der Waals surface area contributed by atoms with Crippen molar-refractivity contribution >= 4 is 5.69 Å². The molecule has 3 nitrogen and oxygen atoms in total. The molecule has 1 aliphatic heterocycles. The molecular formula is C12H18N2O. The molecule has 1 aromatic carbocycles. The summed E-state index contributed by atoms with van der Waals surface area (Å²) in [6.45, 7) is 2.88. The molecule has 15 heavy (non-hydrogen) atoms. The number of hydrogen-bond donors (Lipinski definition) is 2. The maximum atomic E-state index is 9.37. The number of nitrogens with two attached hydrogens (primary N) is 1. The third kappa shape index (κ3) is 2.94. The van der Waals surface area contributed by atoms with Crippen molar-refractivity contribution in [3.8, 4) is 0 Å². The fourth-order valence-electron chi connectivity index (χ4n) is 1.99. The Labute approximate surface area is 90.5 Å². The summed E-state index contributed by atoms with van der Waals surface area (Å²) in [6, 6.07) is 8.02. The molecule has 0 saturated carbocycles. The highest BCUT2D eigenvalue weighted by Crippen LogP contribution is 2.11. The highest BCUT2D eigenvalue weighted by molar-refractivity contribution is 5.39. The second-order valence-electron chi connectivity index (χ2n) is 4.23. The Morgan fingerprint density at radius 2 is 2.07 bits per heavy atom. The summed E-state index contributed by atoms with van der Waals surface area (Å²) < 4.78 is 0. The van der Waals surface area contributed by atoms with Gasteiger partial charge in [-0.2, -0.15) is 0 Å². The van der Waals surface area contributed by atoms with E-state index in [2.05, 4.69) is 17.0 Å². The van der Waals surface area contributed by atoms with Gasteiger partial charge in [-0.1, -0.05) is 12.1 Å². The number of nitrogens with zero attached hydrogens (tertiary/aromatic N) is 1. The van der Waals surface area contributed by atoms with E-state index in [1.165, 1.54) is 5.56 Å². The predicted molar refractivity (Wildman–Crippen MR) is 61.6 cm³/mol. The topological polar surface area (TPSA) is 49.5 Å². The van der Waals surface area contributed by atoms with E-state index >= 15 is 0 Å². The standard InChI is InChI=1S/C12H18N2O/c13-11-3-1-10(2-4-11)5-7-14-8-6-12(15)9-14/h1-4,12,15H,5-9,13H2. The molecule has 0 aromatic heterocycles.